The predicted octanol–water partition coefficient (Wildman–Crippen LogP) is -0.522. The normalized spacial score (nSPS) is 31.2. The van der Waals surface area contributed by atoms with Crippen LogP contribution in [0.25, 0.3) is 0 Å². The lowest BCUT2D eigenvalue weighted by molar-refractivity contribution is -0.906. The zero-order chi connectivity index (χ0) is 19.2. The molecule has 0 saturated carbocycles. The van der Waals surface area contributed by atoms with Crippen molar-refractivity contribution in [3.63, 3.8) is 0 Å². The number of fused-ring (bicyclic) bond motifs is 1. The number of hydrogen-bond acceptors (Lipinski definition) is 5. The van der Waals surface area contributed by atoms with Crippen molar-refractivity contribution in [2.24, 2.45) is 5.92 Å². The van der Waals surface area contributed by atoms with Crippen molar-refractivity contribution in [2.45, 2.75) is 31.5 Å². The van der Waals surface area contributed by atoms with Gasteiger partial charge in [0, 0.05) is 12.0 Å². The van der Waals surface area contributed by atoms with Gasteiger partial charge in [-0.3, -0.25) is 14.5 Å². The van der Waals surface area contributed by atoms with Crippen LogP contribution in [0, 0.1) is 5.92 Å². The molecule has 3 aliphatic heterocycles. The van der Waals surface area contributed by atoms with Crippen LogP contribution < -0.4 is 9.80 Å². The molecular formula is C20H27N2O5+. The molecule has 0 bridgehead atoms. The first-order valence-electron chi connectivity index (χ1n) is 9.55. The Balaban J connectivity index is 1.67. The Morgan fingerprint density at radius 2 is 1.93 bits per heavy atom. The van der Waals surface area contributed by atoms with Crippen LogP contribution in [-0.4, -0.2) is 62.0 Å². The Labute approximate surface area is 158 Å². The number of ether oxygens (including phenoxy) is 2. The number of benzene rings is 1. The van der Waals surface area contributed by atoms with Gasteiger partial charge in [-0.2, -0.15) is 0 Å². The van der Waals surface area contributed by atoms with Gasteiger partial charge >= 0.3 is 0 Å². The molecule has 3 aliphatic rings. The lowest BCUT2D eigenvalue weighted by Crippen LogP contribution is -3.15. The first kappa shape index (κ1) is 18.6. The number of hydrogen-bond donors (Lipinski definition) is 2. The van der Waals surface area contributed by atoms with E-state index in [1.54, 1.807) is 17.0 Å². The van der Waals surface area contributed by atoms with Crippen molar-refractivity contribution in [2.75, 3.05) is 44.5 Å². The molecule has 2 fully saturated rings. The predicted molar refractivity (Wildman–Crippen MR) is 97.4 cm³/mol. The van der Waals surface area contributed by atoms with Crippen molar-refractivity contribution in [1.29, 1.82) is 0 Å². The van der Waals surface area contributed by atoms with Gasteiger partial charge in [0.05, 0.1) is 37.0 Å². The van der Waals surface area contributed by atoms with E-state index < -0.39 is 23.0 Å². The number of nitrogens with one attached hydrogen (secondary N) is 1. The summed E-state index contributed by atoms with van der Waals surface area (Å²) < 4.78 is 11.2. The number of morpholine rings is 1. The lowest BCUT2D eigenvalue weighted by Gasteiger charge is -2.39. The zero-order valence-electron chi connectivity index (χ0n) is 15.9. The molecule has 1 aromatic carbocycles. The summed E-state index contributed by atoms with van der Waals surface area (Å²) in [5.41, 5.74) is -1.25. The fraction of sp³-hybridized carbons (Fsp3) is 0.600. The minimum absolute atomic E-state index is 0.0423. The van der Waals surface area contributed by atoms with Crippen LogP contribution in [0.2, 0.25) is 0 Å². The largest absolute Gasteiger partial charge is 0.375 e. The molecule has 7 nitrogen and oxygen atoms in total. The quantitative estimate of drug-likeness (QED) is 0.743. The van der Waals surface area contributed by atoms with Gasteiger partial charge in [-0.25, -0.2) is 0 Å². The fourth-order valence-electron chi connectivity index (χ4n) is 4.35. The molecule has 0 aromatic heterocycles. The number of quaternary nitrogens is 1. The molecule has 0 radical (unpaired) electrons. The summed E-state index contributed by atoms with van der Waals surface area (Å²) in [4.78, 5) is 29.1. The van der Waals surface area contributed by atoms with E-state index in [9.17, 15) is 14.7 Å². The minimum atomic E-state index is -1.87. The summed E-state index contributed by atoms with van der Waals surface area (Å²) in [5.74, 6) is -1.44. The van der Waals surface area contributed by atoms with Gasteiger partial charge < -0.3 is 19.5 Å². The third-order valence-electron chi connectivity index (χ3n) is 5.89. The van der Waals surface area contributed by atoms with E-state index in [0.29, 0.717) is 31.1 Å². The molecule has 4 rings (SSSR count). The van der Waals surface area contributed by atoms with Gasteiger partial charge in [0.2, 0.25) is 0 Å². The number of ketones is 1. The Hall–Kier alpha value is -1.80. The van der Waals surface area contributed by atoms with Crippen molar-refractivity contribution in [3.8, 4) is 0 Å². The maximum absolute atomic E-state index is 13.4. The molecule has 0 unspecified atom stereocenters. The van der Waals surface area contributed by atoms with Crippen molar-refractivity contribution < 1.29 is 29.1 Å². The molecule has 2 atom stereocenters. The number of Topliss-reactive ketones (excluding diaryl/α,β-unsaturated/α-hetero) is 1. The highest BCUT2D eigenvalue weighted by atomic mass is 16.5. The number of aliphatic hydroxyl groups is 1. The van der Waals surface area contributed by atoms with E-state index in [4.69, 9.17) is 9.47 Å². The lowest BCUT2D eigenvalue weighted by atomic mass is 9.76. The van der Waals surface area contributed by atoms with Gasteiger partial charge in [0.1, 0.15) is 18.9 Å². The number of carbonyl (C=O) groups is 2. The van der Waals surface area contributed by atoms with Crippen LogP contribution >= 0.6 is 0 Å². The summed E-state index contributed by atoms with van der Waals surface area (Å²) in [6.45, 7) is 7.14. The second-order valence-corrected chi connectivity index (χ2v) is 8.30. The Bertz CT molecular complexity index is 758. The minimum Gasteiger partial charge on any atom is -0.375 e. The van der Waals surface area contributed by atoms with Crippen LogP contribution in [-0.2, 0) is 24.7 Å². The molecule has 1 amide bonds. The van der Waals surface area contributed by atoms with E-state index in [1.165, 1.54) is 4.90 Å². The number of anilines is 1. The maximum Gasteiger partial charge on any atom is 0.268 e. The standard InChI is InChI=1S/C20H26N2O5/c1-19(2)11-17(23)15(12-27-19)20(25)14-5-3-4-6-16(14)22(18(20)24)13-21-7-9-26-10-8-21/h3-6,15,25H,7-13H2,1-2H3/p+1/t15-,20-/m1/s1. The molecule has 2 saturated heterocycles. The zero-order valence-corrected chi connectivity index (χ0v) is 15.9. The average Bonchev–Trinajstić information content (AvgIpc) is 2.85. The average molecular weight is 375 g/mol. The van der Waals surface area contributed by atoms with Gasteiger partial charge in [-0.1, -0.05) is 18.2 Å². The summed E-state index contributed by atoms with van der Waals surface area (Å²) in [6.07, 6.45) is 0.185. The number of para-hydroxylation sites is 1. The van der Waals surface area contributed by atoms with Gasteiger partial charge in [-0.15, -0.1) is 0 Å². The van der Waals surface area contributed by atoms with E-state index in [0.717, 1.165) is 13.1 Å². The molecule has 146 valence electrons. The molecule has 27 heavy (non-hydrogen) atoms. The molecule has 3 heterocycles. The summed E-state index contributed by atoms with van der Waals surface area (Å²) in [5, 5.41) is 11.6. The summed E-state index contributed by atoms with van der Waals surface area (Å²) in [6, 6.07) is 7.22. The van der Waals surface area contributed by atoms with E-state index in [1.807, 2.05) is 26.0 Å². The van der Waals surface area contributed by atoms with Crippen LogP contribution in [0.15, 0.2) is 24.3 Å². The van der Waals surface area contributed by atoms with Gasteiger partial charge in [-0.05, 0) is 19.9 Å². The monoisotopic (exact) mass is 375 g/mol. The third kappa shape index (κ3) is 3.08. The topological polar surface area (TPSA) is 80.5 Å². The molecule has 1 aromatic rings. The number of nitrogens with zero attached hydrogens (tertiary/aromatic N) is 1. The Kier molecular flexibility index (Phi) is 4.58. The van der Waals surface area contributed by atoms with Crippen LogP contribution in [0.3, 0.4) is 0 Å². The van der Waals surface area contributed by atoms with Crippen LogP contribution in [0.1, 0.15) is 25.8 Å². The van der Waals surface area contributed by atoms with Crippen LogP contribution in [0.4, 0.5) is 5.69 Å². The van der Waals surface area contributed by atoms with E-state index in [-0.39, 0.29) is 18.8 Å². The highest BCUT2D eigenvalue weighted by Crippen LogP contribution is 2.46. The smallest absolute Gasteiger partial charge is 0.268 e. The van der Waals surface area contributed by atoms with E-state index >= 15 is 0 Å². The maximum atomic E-state index is 13.4. The second kappa shape index (κ2) is 6.67. The van der Waals surface area contributed by atoms with Crippen molar-refractivity contribution >= 4 is 17.4 Å². The van der Waals surface area contributed by atoms with Crippen molar-refractivity contribution in [3.05, 3.63) is 29.8 Å². The SMILES string of the molecule is CC1(C)CC(=O)[C@H]([C@@]2(O)C(=O)N(C[NH+]3CCOCC3)c3ccccc32)CO1. The highest BCUT2D eigenvalue weighted by Gasteiger charge is 2.59. The molecular weight excluding hydrogens is 348 g/mol. The fourth-order valence-corrected chi connectivity index (χ4v) is 4.35. The molecule has 0 spiro atoms. The number of carbonyl (C=O) groups excluding carboxylic acids is 2. The number of amides is 1. The van der Waals surface area contributed by atoms with E-state index in [2.05, 4.69) is 0 Å². The molecule has 0 aliphatic carbocycles. The number of rotatable bonds is 3. The first-order chi connectivity index (χ1) is 12.8. The molecule has 7 heteroatoms. The highest BCUT2D eigenvalue weighted by molar-refractivity contribution is 6.09. The van der Waals surface area contributed by atoms with Gasteiger partial charge in [0.25, 0.3) is 5.91 Å². The first-order valence-corrected chi connectivity index (χ1v) is 9.55. The Morgan fingerprint density at radius 3 is 2.63 bits per heavy atom. The summed E-state index contributed by atoms with van der Waals surface area (Å²) >= 11 is 0. The van der Waals surface area contributed by atoms with Gasteiger partial charge in [0.15, 0.2) is 12.3 Å². The third-order valence-corrected chi connectivity index (χ3v) is 5.89. The van der Waals surface area contributed by atoms with Crippen LogP contribution in [0.5, 0.6) is 0 Å². The Morgan fingerprint density at radius 1 is 1.22 bits per heavy atom. The molecule has 2 N–H and O–H groups in total. The van der Waals surface area contributed by atoms with Crippen molar-refractivity contribution in [1.82, 2.24) is 0 Å². The second-order valence-electron chi connectivity index (χ2n) is 8.30. The summed E-state index contributed by atoms with van der Waals surface area (Å²) in [7, 11) is 0.